The summed E-state index contributed by atoms with van der Waals surface area (Å²) in [6.07, 6.45) is 0. The summed E-state index contributed by atoms with van der Waals surface area (Å²) in [5, 5.41) is 3.19. The molecule has 1 N–H and O–H groups in total. The first-order valence-electron chi connectivity index (χ1n) is 6.59. The molecular weight excluding hydrogens is 283 g/mol. The lowest BCUT2D eigenvalue weighted by Gasteiger charge is -2.34. The highest BCUT2D eigenvalue weighted by Gasteiger charge is 2.25. The molecule has 4 nitrogen and oxygen atoms in total. The molecule has 1 fully saturated rings. The van der Waals surface area contributed by atoms with Crippen molar-refractivity contribution in [2.75, 3.05) is 19.8 Å². The van der Waals surface area contributed by atoms with E-state index in [4.69, 9.17) is 16.3 Å². The SMILES string of the molecule is C[C@H](NC(=O)N1CCOC[C@H]1C)c1ccc(F)cc1Cl. The minimum absolute atomic E-state index is 0.0413. The molecule has 1 heterocycles. The molecule has 2 atom stereocenters. The van der Waals surface area contributed by atoms with Crippen molar-refractivity contribution >= 4 is 17.6 Å². The quantitative estimate of drug-likeness (QED) is 0.912. The highest BCUT2D eigenvalue weighted by Crippen LogP contribution is 2.24. The predicted molar refractivity (Wildman–Crippen MR) is 75.3 cm³/mol. The number of ether oxygens (including phenoxy) is 1. The van der Waals surface area contributed by atoms with E-state index in [2.05, 4.69) is 5.32 Å². The van der Waals surface area contributed by atoms with Gasteiger partial charge in [-0.15, -0.1) is 0 Å². The maximum Gasteiger partial charge on any atom is 0.318 e. The third-order valence-electron chi connectivity index (χ3n) is 3.40. The minimum atomic E-state index is -0.390. The Hall–Kier alpha value is -1.33. The van der Waals surface area contributed by atoms with Crippen LogP contribution in [0.1, 0.15) is 25.5 Å². The number of nitrogens with zero attached hydrogens (tertiary/aromatic N) is 1. The van der Waals surface area contributed by atoms with Crippen LogP contribution in [0.5, 0.6) is 0 Å². The van der Waals surface area contributed by atoms with E-state index in [9.17, 15) is 9.18 Å². The molecule has 0 radical (unpaired) electrons. The molecule has 0 aliphatic carbocycles. The zero-order valence-corrected chi connectivity index (χ0v) is 12.3. The number of nitrogens with one attached hydrogen (secondary N) is 1. The van der Waals surface area contributed by atoms with Gasteiger partial charge in [-0.2, -0.15) is 0 Å². The summed E-state index contributed by atoms with van der Waals surface area (Å²) in [6, 6.07) is 3.77. The molecule has 0 bridgehead atoms. The van der Waals surface area contributed by atoms with Gasteiger partial charge in [0.05, 0.1) is 25.3 Å². The van der Waals surface area contributed by atoms with Crippen LogP contribution in [0.25, 0.3) is 0 Å². The molecule has 20 heavy (non-hydrogen) atoms. The minimum Gasteiger partial charge on any atom is -0.377 e. The highest BCUT2D eigenvalue weighted by atomic mass is 35.5. The second-order valence-electron chi connectivity index (χ2n) is 4.95. The molecule has 2 rings (SSSR count). The smallest absolute Gasteiger partial charge is 0.318 e. The largest absolute Gasteiger partial charge is 0.377 e. The van der Waals surface area contributed by atoms with E-state index in [0.717, 1.165) is 0 Å². The van der Waals surface area contributed by atoms with Crippen molar-refractivity contribution in [3.63, 3.8) is 0 Å². The van der Waals surface area contributed by atoms with Crippen molar-refractivity contribution in [2.45, 2.75) is 25.9 Å². The molecule has 1 saturated heterocycles. The summed E-state index contributed by atoms with van der Waals surface area (Å²) in [5.41, 5.74) is 0.697. The molecular formula is C14H18ClFN2O2. The van der Waals surface area contributed by atoms with E-state index in [1.807, 2.05) is 13.8 Å². The van der Waals surface area contributed by atoms with Crippen LogP contribution in [0.4, 0.5) is 9.18 Å². The second-order valence-corrected chi connectivity index (χ2v) is 5.36. The van der Waals surface area contributed by atoms with Crippen LogP contribution in [0, 0.1) is 5.82 Å². The Balaban J connectivity index is 2.03. The molecule has 0 spiro atoms. The maximum atomic E-state index is 13.0. The second kappa shape index (κ2) is 6.41. The van der Waals surface area contributed by atoms with E-state index in [1.165, 1.54) is 12.1 Å². The topological polar surface area (TPSA) is 41.6 Å². The molecule has 1 aliphatic heterocycles. The molecule has 1 aliphatic rings. The fourth-order valence-electron chi connectivity index (χ4n) is 2.23. The van der Waals surface area contributed by atoms with Gasteiger partial charge in [-0.25, -0.2) is 9.18 Å². The number of halogens is 2. The van der Waals surface area contributed by atoms with Crippen molar-refractivity contribution in [2.24, 2.45) is 0 Å². The van der Waals surface area contributed by atoms with Gasteiger partial charge in [0.25, 0.3) is 0 Å². The lowest BCUT2D eigenvalue weighted by Crippen LogP contribution is -2.51. The van der Waals surface area contributed by atoms with Crippen LogP contribution >= 0.6 is 11.6 Å². The predicted octanol–water partition coefficient (Wildman–Crippen LogP) is 2.97. The zero-order chi connectivity index (χ0) is 14.7. The van der Waals surface area contributed by atoms with Crippen LogP contribution in [-0.4, -0.2) is 36.7 Å². The summed E-state index contributed by atoms with van der Waals surface area (Å²) in [7, 11) is 0. The summed E-state index contributed by atoms with van der Waals surface area (Å²) in [4.78, 5) is 13.9. The van der Waals surface area contributed by atoms with Crippen molar-refractivity contribution in [1.82, 2.24) is 10.2 Å². The molecule has 0 saturated carbocycles. The van der Waals surface area contributed by atoms with E-state index in [0.29, 0.717) is 30.3 Å². The maximum absolute atomic E-state index is 13.0. The van der Waals surface area contributed by atoms with Gasteiger partial charge >= 0.3 is 6.03 Å². The van der Waals surface area contributed by atoms with E-state index >= 15 is 0 Å². The van der Waals surface area contributed by atoms with Gasteiger partial charge in [0.2, 0.25) is 0 Å². The van der Waals surface area contributed by atoms with Crippen molar-refractivity contribution in [3.05, 3.63) is 34.6 Å². The van der Waals surface area contributed by atoms with Gasteiger partial charge in [-0.3, -0.25) is 0 Å². The summed E-state index contributed by atoms with van der Waals surface area (Å²) in [5.74, 6) is -0.390. The van der Waals surface area contributed by atoms with Gasteiger partial charge in [-0.05, 0) is 31.5 Å². The number of benzene rings is 1. The molecule has 1 aromatic rings. The Kier molecular flexibility index (Phi) is 4.83. The fourth-order valence-corrected chi connectivity index (χ4v) is 2.56. The van der Waals surface area contributed by atoms with Gasteiger partial charge in [0.15, 0.2) is 0 Å². The lowest BCUT2D eigenvalue weighted by molar-refractivity contribution is 0.0185. The standard InChI is InChI=1S/C14H18ClFN2O2/c1-9-8-20-6-5-18(9)14(19)17-10(2)12-4-3-11(16)7-13(12)15/h3-4,7,9-10H,5-6,8H2,1-2H3,(H,17,19)/t9-,10+/m1/s1. The Bertz CT molecular complexity index is 498. The number of carbonyl (C=O) groups is 1. The number of morpholine rings is 1. The summed E-state index contributed by atoms with van der Waals surface area (Å²) >= 11 is 6.00. The normalized spacial score (nSPS) is 20.6. The van der Waals surface area contributed by atoms with E-state index in [-0.39, 0.29) is 23.9 Å². The lowest BCUT2D eigenvalue weighted by atomic mass is 10.1. The average Bonchev–Trinajstić information content (AvgIpc) is 2.38. The first kappa shape index (κ1) is 15.1. The van der Waals surface area contributed by atoms with Crippen molar-refractivity contribution in [3.8, 4) is 0 Å². The van der Waals surface area contributed by atoms with Gasteiger partial charge in [-0.1, -0.05) is 17.7 Å². The van der Waals surface area contributed by atoms with Crippen LogP contribution in [0.3, 0.4) is 0 Å². The van der Waals surface area contributed by atoms with Crippen molar-refractivity contribution in [1.29, 1.82) is 0 Å². The molecule has 1 aromatic carbocycles. The average molecular weight is 301 g/mol. The van der Waals surface area contributed by atoms with Crippen molar-refractivity contribution < 1.29 is 13.9 Å². The Morgan fingerprint density at radius 2 is 2.35 bits per heavy atom. The monoisotopic (exact) mass is 300 g/mol. The number of hydrogen-bond acceptors (Lipinski definition) is 2. The third kappa shape index (κ3) is 3.41. The number of rotatable bonds is 2. The molecule has 110 valence electrons. The Labute approximate surface area is 122 Å². The van der Waals surface area contributed by atoms with E-state index < -0.39 is 0 Å². The highest BCUT2D eigenvalue weighted by molar-refractivity contribution is 6.31. The first-order chi connectivity index (χ1) is 9.49. The molecule has 6 heteroatoms. The van der Waals surface area contributed by atoms with Crippen LogP contribution in [0.15, 0.2) is 18.2 Å². The fraction of sp³-hybridized carbons (Fsp3) is 0.500. The molecule has 0 aromatic heterocycles. The van der Waals surface area contributed by atoms with Crippen LogP contribution in [0.2, 0.25) is 5.02 Å². The first-order valence-corrected chi connectivity index (χ1v) is 6.96. The number of amides is 2. The van der Waals surface area contributed by atoms with E-state index in [1.54, 1.807) is 11.0 Å². The van der Waals surface area contributed by atoms with Crippen LogP contribution < -0.4 is 5.32 Å². The zero-order valence-electron chi connectivity index (χ0n) is 11.5. The number of hydrogen-bond donors (Lipinski definition) is 1. The number of carbonyl (C=O) groups excluding carboxylic acids is 1. The Morgan fingerprint density at radius 1 is 1.60 bits per heavy atom. The molecule has 2 amide bonds. The van der Waals surface area contributed by atoms with Gasteiger partial charge in [0.1, 0.15) is 5.82 Å². The van der Waals surface area contributed by atoms with Gasteiger partial charge < -0.3 is 15.0 Å². The Morgan fingerprint density at radius 3 is 3.00 bits per heavy atom. The summed E-state index contributed by atoms with van der Waals surface area (Å²) < 4.78 is 18.3. The van der Waals surface area contributed by atoms with Crippen LogP contribution in [-0.2, 0) is 4.74 Å². The summed E-state index contributed by atoms with van der Waals surface area (Å²) in [6.45, 7) is 5.41. The van der Waals surface area contributed by atoms with Gasteiger partial charge in [0, 0.05) is 11.6 Å². The molecule has 0 unspecified atom stereocenters. The third-order valence-corrected chi connectivity index (χ3v) is 3.72. The number of urea groups is 1.